The SMILES string of the molecule is CC(C)(C)[Si](C)(C)n1cc(-c2nc(Br)c(-c3cn([Si](C)(C)C(C)(C)C)c4ccccc34)n2COCC[Si](C)(C)C)c2ccccc21. The molecule has 0 spiro atoms. The molecule has 0 atom stereocenters. The van der Waals surface area contributed by atoms with Gasteiger partial charge in [-0.05, 0) is 44.2 Å². The zero-order valence-corrected chi connectivity index (χ0v) is 35.1. The molecule has 0 unspecified atom stereocenters. The number of hydrogen-bond acceptors (Lipinski definition) is 2. The van der Waals surface area contributed by atoms with Crippen LogP contribution in [0.5, 0.6) is 0 Å². The molecule has 3 heterocycles. The third-order valence-corrected chi connectivity index (χ3v) is 23.7. The van der Waals surface area contributed by atoms with Crippen LogP contribution >= 0.6 is 15.9 Å². The van der Waals surface area contributed by atoms with E-state index in [9.17, 15) is 0 Å². The predicted molar refractivity (Wildman–Crippen MR) is 211 cm³/mol. The molecule has 5 rings (SSSR count). The molecule has 248 valence electrons. The van der Waals surface area contributed by atoms with Gasteiger partial charge in [0.05, 0.1) is 5.69 Å². The molecule has 0 bridgehead atoms. The van der Waals surface area contributed by atoms with Gasteiger partial charge in [0.25, 0.3) is 0 Å². The van der Waals surface area contributed by atoms with Crippen molar-refractivity contribution in [1.29, 1.82) is 0 Å². The van der Waals surface area contributed by atoms with Crippen molar-refractivity contribution < 1.29 is 4.74 Å². The van der Waals surface area contributed by atoms with Gasteiger partial charge in [-0.1, -0.05) is 124 Å². The summed E-state index contributed by atoms with van der Waals surface area (Å²) in [6.45, 7) is 32.7. The second-order valence-electron chi connectivity index (χ2n) is 17.3. The van der Waals surface area contributed by atoms with E-state index in [0.717, 1.165) is 34.3 Å². The monoisotopic (exact) mass is 734 g/mol. The van der Waals surface area contributed by atoms with Crippen molar-refractivity contribution in [3.05, 3.63) is 65.5 Å². The molecule has 0 aliphatic heterocycles. The number of hydrogen-bond donors (Lipinski definition) is 0. The zero-order chi connectivity index (χ0) is 34.0. The number of imidazole rings is 1. The van der Waals surface area contributed by atoms with Gasteiger partial charge in [0.15, 0.2) is 16.5 Å². The fraction of sp³-hybridized carbons (Fsp3) is 0.486. The van der Waals surface area contributed by atoms with Crippen molar-refractivity contribution in [2.45, 2.75) is 110 Å². The van der Waals surface area contributed by atoms with Crippen LogP contribution in [-0.2, 0) is 11.5 Å². The fourth-order valence-electron chi connectivity index (χ4n) is 5.92. The van der Waals surface area contributed by atoms with Crippen molar-refractivity contribution in [2.75, 3.05) is 6.61 Å². The van der Waals surface area contributed by atoms with Crippen LogP contribution in [0.3, 0.4) is 0 Å². The Hall–Kier alpha value is -2.18. The Labute approximate surface area is 288 Å². The van der Waals surface area contributed by atoms with E-state index in [1.807, 2.05) is 0 Å². The van der Waals surface area contributed by atoms with Gasteiger partial charge in [-0.25, -0.2) is 4.98 Å². The Balaban J connectivity index is 1.78. The summed E-state index contributed by atoms with van der Waals surface area (Å²) >= 11 is 3.99. The highest BCUT2D eigenvalue weighted by Crippen LogP contribution is 2.46. The average molecular weight is 736 g/mol. The summed E-state index contributed by atoms with van der Waals surface area (Å²) in [5.41, 5.74) is 6.02. The van der Waals surface area contributed by atoms with E-state index in [0.29, 0.717) is 6.73 Å². The first-order valence-electron chi connectivity index (χ1n) is 16.7. The Morgan fingerprint density at radius 2 is 1.15 bits per heavy atom. The largest absolute Gasteiger partial charge is 0.373 e. The lowest BCUT2D eigenvalue weighted by atomic mass is 10.1. The summed E-state index contributed by atoms with van der Waals surface area (Å²) in [5.74, 6) is 0.952. The van der Waals surface area contributed by atoms with Crippen LogP contribution in [0.1, 0.15) is 41.5 Å². The number of benzene rings is 2. The maximum Gasteiger partial charge on any atom is 0.161 e. The van der Waals surface area contributed by atoms with Gasteiger partial charge in [-0.3, -0.25) is 4.57 Å². The molecule has 0 aliphatic rings. The quantitative estimate of drug-likeness (QED) is 0.112. The van der Waals surface area contributed by atoms with Crippen molar-refractivity contribution in [3.8, 4) is 22.6 Å². The van der Waals surface area contributed by atoms with E-state index in [1.54, 1.807) is 0 Å². The van der Waals surface area contributed by atoms with Gasteiger partial charge in [0.2, 0.25) is 0 Å². The number of fused-ring (bicyclic) bond motifs is 2. The third kappa shape index (κ3) is 6.22. The Bertz CT molecular complexity index is 1880. The second-order valence-corrected chi connectivity index (χ2v) is 33.9. The van der Waals surface area contributed by atoms with Gasteiger partial charge in [-0.15, -0.1) is 0 Å². The van der Waals surface area contributed by atoms with Gasteiger partial charge < -0.3 is 13.2 Å². The van der Waals surface area contributed by atoms with Crippen LogP contribution in [0.25, 0.3) is 44.5 Å². The first kappa shape index (κ1) is 35.1. The molecule has 0 saturated carbocycles. The molecule has 0 amide bonds. The molecular formula is C37H55BrN4OSi3. The molecule has 0 fully saturated rings. The third-order valence-electron chi connectivity index (χ3n) is 10.9. The van der Waals surface area contributed by atoms with Crippen LogP contribution in [0.4, 0.5) is 0 Å². The molecule has 3 aromatic heterocycles. The molecule has 5 aromatic rings. The minimum atomic E-state index is -1.93. The Morgan fingerprint density at radius 1 is 0.696 bits per heavy atom. The summed E-state index contributed by atoms with van der Waals surface area (Å²) < 4.78 is 15.0. The van der Waals surface area contributed by atoms with Gasteiger partial charge in [0.1, 0.15) is 17.2 Å². The highest BCUT2D eigenvalue weighted by atomic mass is 79.9. The molecule has 46 heavy (non-hydrogen) atoms. The molecule has 5 nitrogen and oxygen atoms in total. The Kier molecular flexibility index (Phi) is 9.21. The van der Waals surface area contributed by atoms with E-state index in [2.05, 4.69) is 177 Å². The van der Waals surface area contributed by atoms with Crippen molar-refractivity contribution in [2.24, 2.45) is 0 Å². The van der Waals surface area contributed by atoms with Crippen LogP contribution in [0.15, 0.2) is 65.5 Å². The van der Waals surface area contributed by atoms with Crippen LogP contribution in [-0.4, -0.2) is 49.2 Å². The zero-order valence-electron chi connectivity index (χ0n) is 30.5. The van der Waals surface area contributed by atoms with Gasteiger partial charge in [0, 0.05) is 60.0 Å². The smallest absolute Gasteiger partial charge is 0.161 e. The normalized spacial score (nSPS) is 13.8. The summed E-state index contributed by atoms with van der Waals surface area (Å²) in [6.07, 6.45) is 4.79. The Morgan fingerprint density at radius 3 is 1.63 bits per heavy atom. The molecule has 0 N–H and O–H groups in total. The lowest BCUT2D eigenvalue weighted by molar-refractivity contribution is 0.0893. The molecule has 9 heteroatoms. The topological polar surface area (TPSA) is 36.9 Å². The number of para-hydroxylation sites is 2. The summed E-state index contributed by atoms with van der Waals surface area (Å²) in [6, 6.07) is 18.9. The summed E-state index contributed by atoms with van der Waals surface area (Å²) in [7, 11) is -5.10. The van der Waals surface area contributed by atoms with E-state index in [-0.39, 0.29) is 10.1 Å². The predicted octanol–water partition coefficient (Wildman–Crippen LogP) is 11.9. The van der Waals surface area contributed by atoms with E-state index in [1.165, 1.54) is 27.4 Å². The van der Waals surface area contributed by atoms with E-state index < -0.39 is 24.5 Å². The van der Waals surface area contributed by atoms with Gasteiger partial charge >= 0.3 is 0 Å². The van der Waals surface area contributed by atoms with Crippen molar-refractivity contribution in [1.82, 2.24) is 18.0 Å². The lowest BCUT2D eigenvalue weighted by Gasteiger charge is -2.38. The van der Waals surface area contributed by atoms with Crippen molar-refractivity contribution >= 4 is 62.3 Å². The minimum absolute atomic E-state index is 0.179. The number of rotatable bonds is 9. The minimum Gasteiger partial charge on any atom is -0.373 e. The second kappa shape index (κ2) is 12.1. The average Bonchev–Trinajstić information content (AvgIpc) is 3.61. The standard InChI is InChI=1S/C37H55BrN4OSi3/c1-36(2,3)45(10,11)41-24-29(27-18-14-16-20-31(27)41)33-34(38)39-35(40(33)26-43-22-23-44(7,8)9)30-25-42(46(12,13)37(4,5)6)32-21-17-15-19-28(30)32/h14-21,24-25H,22-23,26H2,1-13H3. The summed E-state index contributed by atoms with van der Waals surface area (Å²) in [4.78, 5) is 5.33. The molecule has 2 aromatic carbocycles. The van der Waals surface area contributed by atoms with E-state index in [4.69, 9.17) is 9.72 Å². The molecule has 0 saturated heterocycles. The first-order chi connectivity index (χ1) is 21.2. The molecule has 0 aliphatic carbocycles. The maximum atomic E-state index is 6.55. The maximum absolute atomic E-state index is 6.55. The number of aromatic nitrogens is 4. The van der Waals surface area contributed by atoms with Crippen LogP contribution in [0, 0.1) is 0 Å². The summed E-state index contributed by atoms with van der Waals surface area (Å²) in [5, 5.41) is 2.86. The highest BCUT2D eigenvalue weighted by molar-refractivity contribution is 9.10. The fourth-order valence-corrected chi connectivity index (χ4v) is 11.2. The first-order valence-corrected chi connectivity index (χ1v) is 27.1. The molecule has 0 radical (unpaired) electrons. The number of halogens is 1. The van der Waals surface area contributed by atoms with Crippen molar-refractivity contribution in [3.63, 3.8) is 0 Å². The van der Waals surface area contributed by atoms with E-state index >= 15 is 0 Å². The highest BCUT2D eigenvalue weighted by Gasteiger charge is 2.40. The van der Waals surface area contributed by atoms with Crippen LogP contribution < -0.4 is 0 Å². The van der Waals surface area contributed by atoms with Crippen LogP contribution in [0.2, 0.25) is 61.9 Å². The molecular weight excluding hydrogens is 681 g/mol. The number of ether oxygens (including phenoxy) is 1. The number of nitrogens with zero attached hydrogens (tertiary/aromatic N) is 4. The lowest BCUT2D eigenvalue weighted by Crippen LogP contribution is -2.44. The van der Waals surface area contributed by atoms with Gasteiger partial charge in [-0.2, -0.15) is 0 Å².